The van der Waals surface area contributed by atoms with Crippen LogP contribution in [0.5, 0.6) is 0 Å². The molecule has 3 aliphatic rings. The van der Waals surface area contributed by atoms with Crippen molar-refractivity contribution in [1.29, 1.82) is 0 Å². The third-order valence-electron chi connectivity index (χ3n) is 4.85. The molecule has 2 unspecified atom stereocenters. The zero-order chi connectivity index (χ0) is 14.9. The second kappa shape index (κ2) is 6.42. The molecule has 2 aliphatic carbocycles. The quantitative estimate of drug-likeness (QED) is 0.731. The summed E-state index contributed by atoms with van der Waals surface area (Å²) in [5.41, 5.74) is 0. The first-order valence-corrected chi connectivity index (χ1v) is 8.15. The van der Waals surface area contributed by atoms with Gasteiger partial charge >= 0.3 is 6.18 Å². The third kappa shape index (κ3) is 4.83. The van der Waals surface area contributed by atoms with E-state index in [1.54, 1.807) is 0 Å². The van der Waals surface area contributed by atoms with E-state index in [4.69, 9.17) is 4.74 Å². The van der Waals surface area contributed by atoms with Crippen LogP contribution >= 0.6 is 0 Å². The number of rotatable bonds is 7. The molecule has 0 aromatic heterocycles. The summed E-state index contributed by atoms with van der Waals surface area (Å²) in [7, 11) is 0. The van der Waals surface area contributed by atoms with Gasteiger partial charge in [-0.05, 0) is 43.9 Å². The summed E-state index contributed by atoms with van der Waals surface area (Å²) in [4.78, 5) is 2.51. The first-order chi connectivity index (χ1) is 10.0. The second-order valence-electron chi connectivity index (χ2n) is 6.77. The third-order valence-corrected chi connectivity index (χ3v) is 4.85. The van der Waals surface area contributed by atoms with E-state index < -0.39 is 12.8 Å². The molecule has 0 amide bonds. The first-order valence-electron chi connectivity index (χ1n) is 8.15. The van der Waals surface area contributed by atoms with Gasteiger partial charge in [-0.3, -0.25) is 4.90 Å². The van der Waals surface area contributed by atoms with Crippen LogP contribution in [0.2, 0.25) is 0 Å². The van der Waals surface area contributed by atoms with Crippen LogP contribution in [0.4, 0.5) is 13.2 Å². The molecule has 0 aromatic rings. The van der Waals surface area contributed by atoms with Gasteiger partial charge in [0.25, 0.3) is 0 Å². The van der Waals surface area contributed by atoms with E-state index in [-0.39, 0.29) is 6.61 Å². The Morgan fingerprint density at radius 3 is 2.43 bits per heavy atom. The van der Waals surface area contributed by atoms with Crippen molar-refractivity contribution in [2.75, 3.05) is 32.8 Å². The SMILES string of the molecule is FC(F)(F)COCCCN1CC(C2CC2)NCC1C1CC1. The smallest absolute Gasteiger partial charge is 0.372 e. The minimum Gasteiger partial charge on any atom is -0.372 e. The summed E-state index contributed by atoms with van der Waals surface area (Å²) in [6.07, 6.45) is 1.75. The van der Waals surface area contributed by atoms with Crippen LogP contribution in [0.3, 0.4) is 0 Å². The molecular formula is C15H25F3N2O. The summed E-state index contributed by atoms with van der Waals surface area (Å²) >= 11 is 0. The number of ether oxygens (including phenoxy) is 1. The lowest BCUT2D eigenvalue weighted by molar-refractivity contribution is -0.174. The number of nitrogens with one attached hydrogen (secondary N) is 1. The summed E-state index contributed by atoms with van der Waals surface area (Å²) in [6.45, 7) is 2.06. The Balaban J connectivity index is 1.39. The van der Waals surface area contributed by atoms with Crippen LogP contribution in [0.25, 0.3) is 0 Å². The average Bonchev–Trinajstić information content (AvgIpc) is 3.27. The van der Waals surface area contributed by atoms with Crippen molar-refractivity contribution < 1.29 is 17.9 Å². The number of nitrogens with zero attached hydrogens (tertiary/aromatic N) is 1. The highest BCUT2D eigenvalue weighted by atomic mass is 19.4. The van der Waals surface area contributed by atoms with E-state index in [2.05, 4.69) is 10.2 Å². The monoisotopic (exact) mass is 306 g/mol. The largest absolute Gasteiger partial charge is 0.411 e. The predicted molar refractivity (Wildman–Crippen MR) is 74.1 cm³/mol. The molecule has 2 atom stereocenters. The Labute approximate surface area is 124 Å². The van der Waals surface area contributed by atoms with Gasteiger partial charge in [-0.1, -0.05) is 0 Å². The van der Waals surface area contributed by atoms with E-state index in [1.807, 2.05) is 0 Å². The normalized spacial score (nSPS) is 31.6. The Hall–Kier alpha value is -0.330. The Bertz CT molecular complexity index is 342. The molecule has 0 radical (unpaired) electrons. The number of piperazine rings is 1. The summed E-state index contributed by atoms with van der Waals surface area (Å²) in [5.74, 6) is 1.63. The van der Waals surface area contributed by atoms with Crippen molar-refractivity contribution in [3.05, 3.63) is 0 Å². The Morgan fingerprint density at radius 2 is 1.81 bits per heavy atom. The Kier molecular flexibility index (Phi) is 4.76. The molecule has 0 spiro atoms. The van der Waals surface area contributed by atoms with Gasteiger partial charge in [-0.15, -0.1) is 0 Å². The fourth-order valence-electron chi connectivity index (χ4n) is 3.43. The molecule has 1 aliphatic heterocycles. The fourth-order valence-corrected chi connectivity index (χ4v) is 3.43. The topological polar surface area (TPSA) is 24.5 Å². The van der Waals surface area contributed by atoms with E-state index in [0.717, 1.165) is 31.5 Å². The lowest BCUT2D eigenvalue weighted by Crippen LogP contribution is -2.58. The number of hydrogen-bond acceptors (Lipinski definition) is 3. The zero-order valence-electron chi connectivity index (χ0n) is 12.4. The van der Waals surface area contributed by atoms with Crippen LogP contribution in [0, 0.1) is 11.8 Å². The molecule has 3 rings (SSSR count). The maximum Gasteiger partial charge on any atom is 0.411 e. The van der Waals surface area contributed by atoms with Crippen LogP contribution in [-0.4, -0.2) is 56.0 Å². The van der Waals surface area contributed by atoms with Crippen molar-refractivity contribution in [2.24, 2.45) is 11.8 Å². The standard InChI is InChI=1S/C15H25F3N2O/c16-15(17,18)10-21-7-1-6-20-9-13(11-2-3-11)19-8-14(20)12-4-5-12/h11-14,19H,1-10H2. The van der Waals surface area contributed by atoms with Crippen molar-refractivity contribution in [2.45, 2.75) is 50.4 Å². The van der Waals surface area contributed by atoms with Gasteiger partial charge < -0.3 is 10.1 Å². The molecule has 3 nitrogen and oxygen atoms in total. The maximum atomic E-state index is 12.0. The van der Waals surface area contributed by atoms with Crippen molar-refractivity contribution in [1.82, 2.24) is 10.2 Å². The van der Waals surface area contributed by atoms with Gasteiger partial charge in [-0.2, -0.15) is 13.2 Å². The van der Waals surface area contributed by atoms with Crippen LogP contribution in [0.1, 0.15) is 32.1 Å². The lowest BCUT2D eigenvalue weighted by atomic mass is 10.0. The van der Waals surface area contributed by atoms with Crippen LogP contribution in [0.15, 0.2) is 0 Å². The molecule has 0 bridgehead atoms. The lowest BCUT2D eigenvalue weighted by Gasteiger charge is -2.41. The molecule has 122 valence electrons. The molecule has 6 heteroatoms. The predicted octanol–water partition coefficient (Wildman–Crippen LogP) is 2.42. The highest BCUT2D eigenvalue weighted by molar-refractivity contribution is 4.98. The van der Waals surface area contributed by atoms with Crippen LogP contribution < -0.4 is 5.32 Å². The van der Waals surface area contributed by atoms with Crippen molar-refractivity contribution in [3.63, 3.8) is 0 Å². The van der Waals surface area contributed by atoms with Gasteiger partial charge in [0.15, 0.2) is 0 Å². The van der Waals surface area contributed by atoms with Gasteiger partial charge in [0, 0.05) is 38.3 Å². The van der Waals surface area contributed by atoms with Gasteiger partial charge in [0.2, 0.25) is 0 Å². The average molecular weight is 306 g/mol. The molecule has 3 fully saturated rings. The van der Waals surface area contributed by atoms with E-state index in [1.165, 1.54) is 25.7 Å². The highest BCUT2D eigenvalue weighted by Gasteiger charge is 2.42. The second-order valence-corrected chi connectivity index (χ2v) is 6.77. The van der Waals surface area contributed by atoms with Gasteiger partial charge in [0.05, 0.1) is 0 Å². The summed E-state index contributed by atoms with van der Waals surface area (Å²) < 4.78 is 40.8. The molecule has 1 saturated heterocycles. The fraction of sp³-hybridized carbons (Fsp3) is 1.00. The zero-order valence-corrected chi connectivity index (χ0v) is 12.4. The highest BCUT2D eigenvalue weighted by Crippen LogP contribution is 2.39. The molecule has 2 saturated carbocycles. The van der Waals surface area contributed by atoms with E-state index >= 15 is 0 Å². The molecular weight excluding hydrogens is 281 g/mol. The van der Waals surface area contributed by atoms with Crippen LogP contribution in [-0.2, 0) is 4.74 Å². The minimum absolute atomic E-state index is 0.203. The van der Waals surface area contributed by atoms with Crippen molar-refractivity contribution >= 4 is 0 Å². The molecule has 1 heterocycles. The number of alkyl halides is 3. The van der Waals surface area contributed by atoms with E-state index in [0.29, 0.717) is 18.5 Å². The molecule has 0 aromatic carbocycles. The summed E-state index contributed by atoms with van der Waals surface area (Å²) in [5, 5.41) is 3.68. The Morgan fingerprint density at radius 1 is 1.10 bits per heavy atom. The first kappa shape index (κ1) is 15.6. The van der Waals surface area contributed by atoms with Gasteiger partial charge in [0.1, 0.15) is 6.61 Å². The maximum absolute atomic E-state index is 12.0. The summed E-state index contributed by atoms with van der Waals surface area (Å²) in [6, 6.07) is 1.18. The van der Waals surface area contributed by atoms with Crippen molar-refractivity contribution in [3.8, 4) is 0 Å². The van der Waals surface area contributed by atoms with E-state index in [9.17, 15) is 13.2 Å². The number of halogens is 3. The number of hydrogen-bond donors (Lipinski definition) is 1. The molecule has 21 heavy (non-hydrogen) atoms. The van der Waals surface area contributed by atoms with Gasteiger partial charge in [-0.25, -0.2) is 0 Å². The molecule has 1 N–H and O–H groups in total. The minimum atomic E-state index is -4.21.